The summed E-state index contributed by atoms with van der Waals surface area (Å²) in [6.45, 7) is 5.93. The van der Waals surface area contributed by atoms with Crippen molar-refractivity contribution in [1.29, 1.82) is 0 Å². The number of para-hydroxylation sites is 1. The normalized spacial score (nSPS) is 12.0. The zero-order valence-corrected chi connectivity index (χ0v) is 12.2. The van der Waals surface area contributed by atoms with E-state index in [1.54, 1.807) is 0 Å². The number of fused-ring (bicyclic) bond motifs is 1. The summed E-state index contributed by atoms with van der Waals surface area (Å²) in [7, 11) is 1.96. The van der Waals surface area contributed by atoms with E-state index < -0.39 is 0 Å². The lowest BCUT2D eigenvalue weighted by molar-refractivity contribution is -0.126. The van der Waals surface area contributed by atoms with E-state index in [-0.39, 0.29) is 5.41 Å². The van der Waals surface area contributed by atoms with Crippen LogP contribution in [0.2, 0.25) is 0 Å². The van der Waals surface area contributed by atoms with E-state index >= 15 is 0 Å². The molecule has 0 saturated heterocycles. The Bertz CT molecular complexity index is 590. The monoisotopic (exact) mass is 258 g/mol. The Labute approximate surface area is 114 Å². The van der Waals surface area contributed by atoms with Crippen molar-refractivity contribution in [3.63, 3.8) is 0 Å². The quantitative estimate of drug-likeness (QED) is 0.841. The summed E-state index contributed by atoms with van der Waals surface area (Å²) in [6.07, 6.45) is 2.37. The van der Waals surface area contributed by atoms with Crippen LogP contribution in [0.1, 0.15) is 39.3 Å². The van der Waals surface area contributed by atoms with E-state index in [2.05, 4.69) is 17.2 Å². The first-order valence-electron chi connectivity index (χ1n) is 6.83. The van der Waals surface area contributed by atoms with Crippen molar-refractivity contribution in [3.8, 4) is 0 Å². The maximum absolute atomic E-state index is 11.9. The van der Waals surface area contributed by atoms with Crippen molar-refractivity contribution in [2.24, 2.45) is 12.5 Å². The summed E-state index contributed by atoms with van der Waals surface area (Å²) < 4.78 is 1.91. The molecule has 0 bridgehead atoms. The lowest BCUT2D eigenvalue weighted by atomic mass is 9.88. The zero-order valence-electron chi connectivity index (χ0n) is 12.2. The molecule has 102 valence electrons. The van der Waals surface area contributed by atoms with Gasteiger partial charge in [-0.15, -0.1) is 0 Å². The second-order valence-corrected chi connectivity index (χ2v) is 6.11. The van der Waals surface area contributed by atoms with Crippen molar-refractivity contribution < 1.29 is 4.79 Å². The van der Waals surface area contributed by atoms with E-state index in [9.17, 15) is 4.79 Å². The summed E-state index contributed by atoms with van der Waals surface area (Å²) in [6, 6.07) is 8.24. The number of nitrogens with zero attached hydrogens (tertiary/aromatic N) is 2. The van der Waals surface area contributed by atoms with E-state index in [0.29, 0.717) is 12.2 Å². The number of aryl methyl sites for hydroxylation is 2. The molecule has 0 saturated carbocycles. The number of hydrogen-bond donors (Lipinski definition) is 0. The highest BCUT2D eigenvalue weighted by Crippen LogP contribution is 2.21. The number of ketones is 1. The summed E-state index contributed by atoms with van der Waals surface area (Å²) in [5.74, 6) is 0.327. The number of rotatable bonds is 4. The van der Waals surface area contributed by atoms with Crippen LogP contribution in [0.15, 0.2) is 24.3 Å². The molecule has 1 aromatic heterocycles. The van der Waals surface area contributed by atoms with Crippen LogP contribution in [0.3, 0.4) is 0 Å². The maximum Gasteiger partial charge on any atom is 0.138 e. The maximum atomic E-state index is 11.9. The average Bonchev–Trinajstić information content (AvgIpc) is 2.66. The molecule has 0 unspecified atom stereocenters. The first-order valence-corrected chi connectivity index (χ1v) is 6.83. The Hall–Kier alpha value is -1.64. The molecule has 1 aromatic carbocycles. The van der Waals surface area contributed by atoms with Crippen molar-refractivity contribution in [3.05, 3.63) is 30.0 Å². The molecule has 0 atom stereocenters. The van der Waals surface area contributed by atoms with Gasteiger partial charge in [-0.3, -0.25) is 9.48 Å². The third kappa shape index (κ3) is 3.03. The topological polar surface area (TPSA) is 34.9 Å². The van der Waals surface area contributed by atoms with E-state index in [0.717, 1.165) is 24.1 Å². The van der Waals surface area contributed by atoms with Gasteiger partial charge in [0.2, 0.25) is 0 Å². The molecular weight excluding hydrogens is 236 g/mol. The Kier molecular flexibility index (Phi) is 3.74. The van der Waals surface area contributed by atoms with Gasteiger partial charge in [0.05, 0.1) is 11.2 Å². The molecule has 0 N–H and O–H groups in total. The van der Waals surface area contributed by atoms with Gasteiger partial charge in [-0.2, -0.15) is 5.10 Å². The molecule has 3 nitrogen and oxygen atoms in total. The third-order valence-electron chi connectivity index (χ3n) is 3.49. The largest absolute Gasteiger partial charge is 0.299 e. The summed E-state index contributed by atoms with van der Waals surface area (Å²) in [5, 5.41) is 5.76. The molecule has 0 amide bonds. The van der Waals surface area contributed by atoms with Gasteiger partial charge >= 0.3 is 0 Å². The van der Waals surface area contributed by atoms with Crippen LogP contribution in [0.25, 0.3) is 10.9 Å². The minimum Gasteiger partial charge on any atom is -0.299 e. The zero-order chi connectivity index (χ0) is 14.0. The molecule has 0 radical (unpaired) electrons. The molecule has 0 aliphatic carbocycles. The summed E-state index contributed by atoms with van der Waals surface area (Å²) >= 11 is 0. The second-order valence-electron chi connectivity index (χ2n) is 6.11. The van der Waals surface area contributed by atoms with Gasteiger partial charge < -0.3 is 0 Å². The van der Waals surface area contributed by atoms with Crippen LogP contribution in [0.4, 0.5) is 0 Å². The molecular formula is C16H22N2O. The fraction of sp³-hybridized carbons (Fsp3) is 0.500. The summed E-state index contributed by atoms with van der Waals surface area (Å²) in [5.41, 5.74) is 2.02. The Morgan fingerprint density at radius 2 is 1.95 bits per heavy atom. The number of hydrogen-bond acceptors (Lipinski definition) is 2. The number of carbonyl (C=O) groups excluding carboxylic acids is 1. The fourth-order valence-corrected chi connectivity index (χ4v) is 2.26. The van der Waals surface area contributed by atoms with Crippen LogP contribution in [0.5, 0.6) is 0 Å². The highest BCUT2D eigenvalue weighted by molar-refractivity contribution is 5.84. The molecule has 1 heterocycles. The Morgan fingerprint density at radius 3 is 2.63 bits per heavy atom. The molecule has 2 aromatic rings. The molecule has 0 spiro atoms. The standard InChI is InChI=1S/C16H22N2O/c1-16(2,3)15(19)11-7-9-13-12-8-5-6-10-14(12)18(4)17-13/h5-6,8,10H,7,9,11H2,1-4H3. The molecule has 0 aliphatic heterocycles. The van der Waals surface area contributed by atoms with Gasteiger partial charge in [0.15, 0.2) is 0 Å². The SMILES string of the molecule is Cn1nc(CCCC(=O)C(C)(C)C)c2ccccc21. The highest BCUT2D eigenvalue weighted by Gasteiger charge is 2.20. The molecule has 0 aliphatic rings. The van der Waals surface area contributed by atoms with Gasteiger partial charge in [-0.05, 0) is 18.9 Å². The first kappa shape index (κ1) is 13.8. The number of carbonyl (C=O) groups is 1. The van der Waals surface area contributed by atoms with Crippen molar-refractivity contribution in [2.45, 2.75) is 40.0 Å². The van der Waals surface area contributed by atoms with Gasteiger partial charge in [0.25, 0.3) is 0 Å². The van der Waals surface area contributed by atoms with Crippen LogP contribution in [-0.4, -0.2) is 15.6 Å². The van der Waals surface area contributed by atoms with Crippen molar-refractivity contribution in [2.75, 3.05) is 0 Å². The predicted octanol–water partition coefficient (Wildman–Crippen LogP) is 3.51. The number of benzene rings is 1. The predicted molar refractivity (Wildman–Crippen MR) is 78.1 cm³/mol. The number of aromatic nitrogens is 2. The van der Waals surface area contributed by atoms with Crippen LogP contribution < -0.4 is 0 Å². The van der Waals surface area contributed by atoms with Crippen molar-refractivity contribution in [1.82, 2.24) is 9.78 Å². The van der Waals surface area contributed by atoms with Crippen LogP contribution in [-0.2, 0) is 18.3 Å². The smallest absolute Gasteiger partial charge is 0.138 e. The fourth-order valence-electron chi connectivity index (χ4n) is 2.26. The highest BCUT2D eigenvalue weighted by atomic mass is 16.1. The van der Waals surface area contributed by atoms with Gasteiger partial charge in [0.1, 0.15) is 5.78 Å². The average molecular weight is 258 g/mol. The van der Waals surface area contributed by atoms with Crippen molar-refractivity contribution >= 4 is 16.7 Å². The third-order valence-corrected chi connectivity index (χ3v) is 3.49. The molecule has 2 rings (SSSR count). The van der Waals surface area contributed by atoms with Crippen LogP contribution in [0, 0.1) is 5.41 Å². The second kappa shape index (κ2) is 5.16. The van der Waals surface area contributed by atoms with E-state index in [4.69, 9.17) is 0 Å². The Balaban J connectivity index is 2.05. The van der Waals surface area contributed by atoms with Gasteiger partial charge in [-0.1, -0.05) is 39.0 Å². The van der Waals surface area contributed by atoms with E-state index in [1.165, 1.54) is 5.39 Å². The number of Topliss-reactive ketones (excluding diaryl/α,β-unsaturated/α-hetero) is 1. The first-order chi connectivity index (χ1) is 8.89. The van der Waals surface area contributed by atoms with Crippen LogP contribution >= 0.6 is 0 Å². The minimum absolute atomic E-state index is 0.230. The molecule has 19 heavy (non-hydrogen) atoms. The summed E-state index contributed by atoms with van der Waals surface area (Å²) in [4.78, 5) is 11.9. The Morgan fingerprint density at radius 1 is 1.26 bits per heavy atom. The lowest BCUT2D eigenvalue weighted by Crippen LogP contribution is -2.19. The minimum atomic E-state index is -0.230. The van der Waals surface area contributed by atoms with E-state index in [1.807, 2.05) is 44.6 Å². The lowest BCUT2D eigenvalue weighted by Gasteiger charge is -2.15. The molecule has 0 fully saturated rings. The van der Waals surface area contributed by atoms with Gasteiger partial charge in [-0.25, -0.2) is 0 Å². The van der Waals surface area contributed by atoms with Gasteiger partial charge in [0, 0.05) is 24.3 Å². The molecule has 3 heteroatoms.